The second-order valence-electron chi connectivity index (χ2n) is 6.54. The lowest BCUT2D eigenvalue weighted by atomic mass is 10.1. The second-order valence-corrected chi connectivity index (χ2v) is 6.54. The fourth-order valence-electron chi connectivity index (χ4n) is 3.21. The Balaban J connectivity index is 1.63. The van der Waals surface area contributed by atoms with Crippen LogP contribution in [0.3, 0.4) is 0 Å². The van der Waals surface area contributed by atoms with Crippen molar-refractivity contribution in [3.63, 3.8) is 0 Å². The highest BCUT2D eigenvalue weighted by Crippen LogP contribution is 2.41. The van der Waals surface area contributed by atoms with E-state index >= 15 is 0 Å². The molecule has 1 aliphatic rings. The molecule has 0 radical (unpaired) electrons. The highest BCUT2D eigenvalue weighted by molar-refractivity contribution is 5.98. The number of benzene rings is 1. The lowest BCUT2D eigenvalue weighted by Gasteiger charge is -2.18. The van der Waals surface area contributed by atoms with Gasteiger partial charge in [-0.15, -0.1) is 0 Å². The molecule has 1 fully saturated rings. The first kappa shape index (κ1) is 14.9. The Hall–Kier alpha value is -2.69. The van der Waals surface area contributed by atoms with Crippen molar-refractivity contribution in [2.45, 2.75) is 32.7 Å². The van der Waals surface area contributed by atoms with E-state index < -0.39 is 0 Å². The Morgan fingerprint density at radius 2 is 2.04 bits per heavy atom. The van der Waals surface area contributed by atoms with Crippen molar-refractivity contribution in [2.24, 2.45) is 5.92 Å². The standard InChI is InChI=1S/C19H20N4O/c1-11-4-3-5-14-10-15(22-16(11)14)19(24)23-18(13-6-7-13)17-12(2)20-8-9-21-17/h3-5,8-10,13,18,22H,6-7H2,1-2H3,(H,23,24). The molecule has 1 unspecified atom stereocenters. The number of para-hydroxylation sites is 1. The summed E-state index contributed by atoms with van der Waals surface area (Å²) in [4.78, 5) is 24.8. The summed E-state index contributed by atoms with van der Waals surface area (Å²) < 4.78 is 0. The van der Waals surface area contributed by atoms with Gasteiger partial charge >= 0.3 is 0 Å². The van der Waals surface area contributed by atoms with Gasteiger partial charge in [-0.1, -0.05) is 18.2 Å². The van der Waals surface area contributed by atoms with E-state index in [1.165, 1.54) is 0 Å². The van der Waals surface area contributed by atoms with Gasteiger partial charge in [-0.3, -0.25) is 14.8 Å². The summed E-state index contributed by atoms with van der Waals surface area (Å²) in [6.45, 7) is 3.98. The fraction of sp³-hybridized carbons (Fsp3) is 0.316. The number of fused-ring (bicyclic) bond motifs is 1. The van der Waals surface area contributed by atoms with Crippen molar-refractivity contribution >= 4 is 16.8 Å². The highest BCUT2D eigenvalue weighted by Gasteiger charge is 2.35. The summed E-state index contributed by atoms with van der Waals surface area (Å²) >= 11 is 0. The quantitative estimate of drug-likeness (QED) is 0.773. The number of H-pyrrole nitrogens is 1. The van der Waals surface area contributed by atoms with Gasteiger partial charge in [-0.05, 0) is 44.2 Å². The molecule has 3 aromatic rings. The first-order valence-electron chi connectivity index (χ1n) is 8.30. The number of aromatic amines is 1. The van der Waals surface area contributed by atoms with Crippen molar-refractivity contribution in [3.05, 3.63) is 59.3 Å². The summed E-state index contributed by atoms with van der Waals surface area (Å²) in [6, 6.07) is 7.89. The normalized spacial score (nSPS) is 15.4. The first-order valence-corrected chi connectivity index (χ1v) is 8.30. The molecule has 5 heteroatoms. The Morgan fingerprint density at radius 1 is 1.25 bits per heavy atom. The molecule has 1 saturated carbocycles. The maximum Gasteiger partial charge on any atom is 0.268 e. The molecular formula is C19H20N4O. The minimum atomic E-state index is -0.0902. The number of aryl methyl sites for hydroxylation is 2. The Labute approximate surface area is 140 Å². The van der Waals surface area contributed by atoms with E-state index in [-0.39, 0.29) is 11.9 Å². The van der Waals surface area contributed by atoms with Gasteiger partial charge < -0.3 is 10.3 Å². The van der Waals surface area contributed by atoms with Crippen molar-refractivity contribution in [1.82, 2.24) is 20.3 Å². The van der Waals surface area contributed by atoms with Gasteiger partial charge in [0.1, 0.15) is 5.69 Å². The van der Waals surface area contributed by atoms with Crippen molar-refractivity contribution in [3.8, 4) is 0 Å². The number of rotatable bonds is 4. The van der Waals surface area contributed by atoms with E-state index in [4.69, 9.17) is 0 Å². The molecule has 4 rings (SSSR count). The van der Waals surface area contributed by atoms with Gasteiger partial charge in [0, 0.05) is 23.3 Å². The van der Waals surface area contributed by atoms with Crippen LogP contribution >= 0.6 is 0 Å². The zero-order chi connectivity index (χ0) is 16.7. The molecular weight excluding hydrogens is 300 g/mol. The molecule has 2 aromatic heterocycles. The minimum absolute atomic E-state index is 0.0706. The predicted molar refractivity (Wildman–Crippen MR) is 92.7 cm³/mol. The zero-order valence-corrected chi connectivity index (χ0v) is 13.8. The van der Waals surface area contributed by atoms with E-state index in [2.05, 4.69) is 20.3 Å². The van der Waals surface area contributed by atoms with E-state index in [0.717, 1.165) is 40.7 Å². The summed E-state index contributed by atoms with van der Waals surface area (Å²) in [5.74, 6) is 0.364. The molecule has 24 heavy (non-hydrogen) atoms. The number of carbonyl (C=O) groups excluding carboxylic acids is 1. The third-order valence-corrected chi connectivity index (χ3v) is 4.70. The van der Waals surface area contributed by atoms with Gasteiger partial charge in [0.05, 0.1) is 17.4 Å². The summed E-state index contributed by atoms with van der Waals surface area (Å²) in [7, 11) is 0. The lowest BCUT2D eigenvalue weighted by molar-refractivity contribution is 0.0926. The van der Waals surface area contributed by atoms with Gasteiger partial charge in [0.15, 0.2) is 0 Å². The number of nitrogens with zero attached hydrogens (tertiary/aromatic N) is 2. The molecule has 0 aliphatic heterocycles. The molecule has 1 aliphatic carbocycles. The summed E-state index contributed by atoms with van der Waals surface area (Å²) in [5.41, 5.74) is 4.49. The third kappa shape index (κ3) is 2.66. The lowest BCUT2D eigenvalue weighted by Crippen LogP contribution is -2.31. The van der Waals surface area contributed by atoms with E-state index in [0.29, 0.717) is 11.6 Å². The van der Waals surface area contributed by atoms with E-state index in [9.17, 15) is 4.79 Å². The van der Waals surface area contributed by atoms with Crippen molar-refractivity contribution in [2.75, 3.05) is 0 Å². The molecule has 0 spiro atoms. The smallest absolute Gasteiger partial charge is 0.268 e. The number of nitrogens with one attached hydrogen (secondary N) is 2. The van der Waals surface area contributed by atoms with Crippen molar-refractivity contribution in [1.29, 1.82) is 0 Å². The summed E-state index contributed by atoms with van der Waals surface area (Å²) in [6.07, 6.45) is 5.61. The van der Waals surface area contributed by atoms with Gasteiger partial charge in [0.25, 0.3) is 5.91 Å². The zero-order valence-electron chi connectivity index (χ0n) is 13.8. The number of carbonyl (C=O) groups is 1. The van der Waals surface area contributed by atoms with Crippen LogP contribution in [0.5, 0.6) is 0 Å². The van der Waals surface area contributed by atoms with Gasteiger partial charge in [0.2, 0.25) is 0 Å². The SMILES string of the molecule is Cc1nccnc1C(NC(=O)c1cc2cccc(C)c2[nH]1)C1CC1. The highest BCUT2D eigenvalue weighted by atomic mass is 16.2. The summed E-state index contributed by atoms with van der Waals surface area (Å²) in [5, 5.41) is 4.21. The van der Waals surface area contributed by atoms with Crippen LogP contribution in [0, 0.1) is 19.8 Å². The van der Waals surface area contributed by atoms with E-state index in [1.54, 1.807) is 12.4 Å². The molecule has 2 heterocycles. The van der Waals surface area contributed by atoms with Crippen LogP contribution in [-0.2, 0) is 0 Å². The Kier molecular flexibility index (Phi) is 3.56. The largest absolute Gasteiger partial charge is 0.350 e. The van der Waals surface area contributed by atoms with Crippen LogP contribution in [-0.4, -0.2) is 20.9 Å². The van der Waals surface area contributed by atoms with Crippen LogP contribution in [0.4, 0.5) is 0 Å². The predicted octanol–water partition coefficient (Wildman–Crippen LogP) is 3.46. The second kappa shape index (κ2) is 5.74. The molecule has 1 amide bonds. The minimum Gasteiger partial charge on any atom is -0.350 e. The Bertz CT molecular complexity index is 911. The van der Waals surface area contributed by atoms with E-state index in [1.807, 2.05) is 38.1 Å². The molecule has 0 bridgehead atoms. The number of amides is 1. The molecule has 1 aromatic carbocycles. The number of hydrogen-bond donors (Lipinski definition) is 2. The third-order valence-electron chi connectivity index (χ3n) is 4.70. The molecule has 2 N–H and O–H groups in total. The molecule has 5 nitrogen and oxygen atoms in total. The van der Waals surface area contributed by atoms with Crippen LogP contribution < -0.4 is 5.32 Å². The maximum atomic E-state index is 12.8. The van der Waals surface area contributed by atoms with Gasteiger partial charge in [-0.2, -0.15) is 0 Å². The number of aromatic nitrogens is 3. The van der Waals surface area contributed by atoms with Crippen LogP contribution in [0.2, 0.25) is 0 Å². The molecule has 0 saturated heterocycles. The molecule has 1 atom stereocenters. The molecule has 122 valence electrons. The van der Waals surface area contributed by atoms with Crippen LogP contribution in [0.1, 0.15) is 46.3 Å². The average Bonchev–Trinajstić information content (AvgIpc) is 3.31. The first-order chi connectivity index (χ1) is 11.6. The fourth-order valence-corrected chi connectivity index (χ4v) is 3.21. The average molecular weight is 320 g/mol. The van der Waals surface area contributed by atoms with Crippen LogP contribution in [0.25, 0.3) is 10.9 Å². The number of hydrogen-bond acceptors (Lipinski definition) is 3. The van der Waals surface area contributed by atoms with Gasteiger partial charge in [-0.25, -0.2) is 0 Å². The topological polar surface area (TPSA) is 70.7 Å². The monoisotopic (exact) mass is 320 g/mol. The van der Waals surface area contributed by atoms with Crippen LogP contribution in [0.15, 0.2) is 36.7 Å². The Morgan fingerprint density at radius 3 is 2.75 bits per heavy atom. The van der Waals surface area contributed by atoms with Crippen molar-refractivity contribution < 1.29 is 4.79 Å². The maximum absolute atomic E-state index is 12.8.